The van der Waals surface area contributed by atoms with Gasteiger partial charge in [-0.2, -0.15) is 0 Å². The molecule has 0 bridgehead atoms. The smallest absolute Gasteiger partial charge is 0.306 e. The van der Waals surface area contributed by atoms with Crippen molar-refractivity contribution in [1.82, 2.24) is 0 Å². The second kappa shape index (κ2) is 55.0. The molecule has 0 rings (SSSR count). The van der Waals surface area contributed by atoms with Crippen molar-refractivity contribution < 1.29 is 42.9 Å². The third-order valence-electron chi connectivity index (χ3n) is 12.9. The molecule has 9 heteroatoms. The molecule has 0 heterocycles. The van der Waals surface area contributed by atoms with Crippen LogP contribution in [0.5, 0.6) is 0 Å². The fraction of sp³-hybridized carbons (Fsp3) is 0.766. The Balaban J connectivity index is 4.05. The molecule has 73 heavy (non-hydrogen) atoms. The van der Waals surface area contributed by atoms with E-state index in [-0.39, 0.29) is 38.6 Å². The standard InChI is InChI=1S/C64H113NO8/c1-6-8-10-12-14-16-18-20-21-22-23-24-25-26-27-28-29-30-31-32-33-34-35-36-37-38-39-40-41-43-45-47-49-51-53-55-62(67)73-60(59-72-64(63(68)69)70-57-56-65(3,4)5)58-71-61(66)54-52-50-48-46-44-42-19-17-15-13-11-9-7-2/h8,10,14,16-17,19-21,23-24,26-27,60,64H,6-7,9,11-13,15,18,22,25,28-59H2,1-5H3/b10-8-,16-14-,19-17-,21-20-,24-23-,27-26-. The topological polar surface area (TPSA) is 111 Å². The molecule has 0 aliphatic carbocycles. The molecule has 0 aromatic carbocycles. The summed E-state index contributed by atoms with van der Waals surface area (Å²) in [7, 11) is 5.92. The number of carbonyl (C=O) groups is 3. The SMILES string of the molecule is CC/C=C\C/C=C\C/C=C\C/C=C\C/C=C\CCCCCCCCCCCCCCCCCCCCCC(=O)OC(COC(=O)CCCCCCC/C=C\CCCCCC)COC(OCC[N+](C)(C)C)C(=O)[O-]. The van der Waals surface area contributed by atoms with E-state index in [9.17, 15) is 19.5 Å². The minimum atomic E-state index is -1.62. The van der Waals surface area contributed by atoms with Crippen molar-refractivity contribution in [3.63, 3.8) is 0 Å². The average molecular weight is 1020 g/mol. The number of hydrogen-bond acceptors (Lipinski definition) is 8. The fourth-order valence-electron chi connectivity index (χ4n) is 8.32. The first-order chi connectivity index (χ1) is 35.6. The number of rotatable bonds is 55. The number of ether oxygens (including phenoxy) is 4. The maximum absolute atomic E-state index is 12.9. The normalized spacial score (nSPS) is 13.3. The van der Waals surface area contributed by atoms with Crippen molar-refractivity contribution in [2.75, 3.05) is 47.5 Å². The largest absolute Gasteiger partial charge is 0.545 e. The molecule has 0 aromatic rings. The molecule has 0 spiro atoms. The molecule has 2 unspecified atom stereocenters. The van der Waals surface area contributed by atoms with Crippen LogP contribution >= 0.6 is 0 Å². The van der Waals surface area contributed by atoms with E-state index in [1.807, 2.05) is 21.1 Å². The van der Waals surface area contributed by atoms with E-state index in [0.29, 0.717) is 17.4 Å². The van der Waals surface area contributed by atoms with Gasteiger partial charge in [0.15, 0.2) is 12.4 Å². The fourth-order valence-corrected chi connectivity index (χ4v) is 8.32. The van der Waals surface area contributed by atoms with Gasteiger partial charge in [0.1, 0.15) is 13.2 Å². The van der Waals surface area contributed by atoms with E-state index >= 15 is 0 Å². The van der Waals surface area contributed by atoms with E-state index in [1.165, 1.54) is 141 Å². The number of allylic oxidation sites excluding steroid dienone is 12. The highest BCUT2D eigenvalue weighted by molar-refractivity contribution is 5.70. The van der Waals surface area contributed by atoms with Crippen molar-refractivity contribution in [2.45, 2.75) is 270 Å². The molecule has 0 saturated heterocycles. The molecule has 0 fully saturated rings. The van der Waals surface area contributed by atoms with Gasteiger partial charge in [0.2, 0.25) is 0 Å². The van der Waals surface area contributed by atoms with Gasteiger partial charge < -0.3 is 33.3 Å². The van der Waals surface area contributed by atoms with Crippen LogP contribution in [-0.4, -0.2) is 82.3 Å². The van der Waals surface area contributed by atoms with Gasteiger partial charge in [0.25, 0.3) is 0 Å². The van der Waals surface area contributed by atoms with Gasteiger partial charge in [-0.15, -0.1) is 0 Å². The summed E-state index contributed by atoms with van der Waals surface area (Å²) >= 11 is 0. The molecule has 0 N–H and O–H groups in total. The highest BCUT2D eigenvalue weighted by Crippen LogP contribution is 2.17. The highest BCUT2D eigenvalue weighted by atomic mass is 16.7. The highest BCUT2D eigenvalue weighted by Gasteiger charge is 2.22. The number of carbonyl (C=O) groups excluding carboxylic acids is 3. The first-order valence-corrected chi connectivity index (χ1v) is 30.1. The van der Waals surface area contributed by atoms with Gasteiger partial charge in [0.05, 0.1) is 40.3 Å². The van der Waals surface area contributed by atoms with Gasteiger partial charge in [0, 0.05) is 12.8 Å². The second-order valence-corrected chi connectivity index (χ2v) is 21.3. The number of carboxylic acids is 1. The molecular weight excluding hydrogens is 911 g/mol. The zero-order valence-electron chi connectivity index (χ0n) is 48.0. The Morgan fingerprint density at radius 3 is 1.18 bits per heavy atom. The van der Waals surface area contributed by atoms with Gasteiger partial charge in [-0.25, -0.2) is 0 Å². The van der Waals surface area contributed by atoms with Crippen molar-refractivity contribution in [2.24, 2.45) is 0 Å². The minimum absolute atomic E-state index is 0.146. The molecule has 0 aromatic heterocycles. The first-order valence-electron chi connectivity index (χ1n) is 30.1. The van der Waals surface area contributed by atoms with E-state index in [1.54, 1.807) is 0 Å². The maximum Gasteiger partial charge on any atom is 0.306 e. The zero-order chi connectivity index (χ0) is 53.4. The maximum atomic E-state index is 12.9. The van der Waals surface area contributed by atoms with Gasteiger partial charge in [-0.1, -0.05) is 234 Å². The van der Waals surface area contributed by atoms with E-state index in [4.69, 9.17) is 18.9 Å². The lowest BCUT2D eigenvalue weighted by Gasteiger charge is -2.26. The quantitative estimate of drug-likeness (QED) is 0.0195. The van der Waals surface area contributed by atoms with Crippen LogP contribution in [0, 0.1) is 0 Å². The van der Waals surface area contributed by atoms with Gasteiger partial charge in [-0.05, 0) is 83.5 Å². The Hall–Kier alpha value is -3.27. The number of unbranched alkanes of at least 4 members (excludes halogenated alkanes) is 28. The number of nitrogens with zero attached hydrogens (tertiary/aromatic N) is 1. The van der Waals surface area contributed by atoms with Gasteiger partial charge in [-0.3, -0.25) is 9.59 Å². The average Bonchev–Trinajstić information content (AvgIpc) is 3.36. The monoisotopic (exact) mass is 1020 g/mol. The lowest BCUT2D eigenvalue weighted by atomic mass is 10.0. The molecule has 0 aliphatic heterocycles. The predicted octanol–water partition coefficient (Wildman–Crippen LogP) is 16.5. The lowest BCUT2D eigenvalue weighted by Crippen LogP contribution is -2.44. The number of likely N-dealkylation sites (N-methyl/N-ethyl adjacent to an activating group) is 1. The molecule has 0 aliphatic rings. The van der Waals surface area contributed by atoms with E-state index < -0.39 is 24.3 Å². The van der Waals surface area contributed by atoms with Crippen molar-refractivity contribution in [3.05, 3.63) is 72.9 Å². The van der Waals surface area contributed by atoms with Crippen LogP contribution in [0.15, 0.2) is 72.9 Å². The number of carboxylic acid groups (broad SMARTS) is 1. The predicted molar refractivity (Wildman–Crippen MR) is 306 cm³/mol. The Labute approximate surface area is 449 Å². The van der Waals surface area contributed by atoms with Crippen LogP contribution in [0.1, 0.15) is 258 Å². The van der Waals surface area contributed by atoms with Crippen LogP contribution in [0.25, 0.3) is 0 Å². The zero-order valence-corrected chi connectivity index (χ0v) is 48.0. The van der Waals surface area contributed by atoms with Gasteiger partial charge >= 0.3 is 11.9 Å². The number of esters is 2. The van der Waals surface area contributed by atoms with Crippen LogP contribution in [0.2, 0.25) is 0 Å². The summed E-state index contributed by atoms with van der Waals surface area (Å²) in [4.78, 5) is 37.2. The summed E-state index contributed by atoms with van der Waals surface area (Å²) in [5.41, 5.74) is 0. The molecule has 2 atom stereocenters. The van der Waals surface area contributed by atoms with Crippen molar-refractivity contribution >= 4 is 17.9 Å². The van der Waals surface area contributed by atoms with Crippen LogP contribution in [0.4, 0.5) is 0 Å². The van der Waals surface area contributed by atoms with Crippen LogP contribution in [-0.2, 0) is 33.3 Å². The Kier molecular flexibility index (Phi) is 52.5. The number of quaternary nitrogens is 1. The number of hydrogen-bond donors (Lipinski definition) is 0. The van der Waals surface area contributed by atoms with Crippen molar-refractivity contribution in [3.8, 4) is 0 Å². The Morgan fingerprint density at radius 2 is 0.781 bits per heavy atom. The molecule has 0 amide bonds. The molecular formula is C64H113NO8. The van der Waals surface area contributed by atoms with E-state index in [2.05, 4.69) is 86.8 Å². The molecule has 9 nitrogen and oxygen atoms in total. The summed E-state index contributed by atoms with van der Waals surface area (Å²) in [6.07, 6.45) is 68.3. The summed E-state index contributed by atoms with van der Waals surface area (Å²) in [5, 5.41) is 11.8. The minimum Gasteiger partial charge on any atom is -0.545 e. The molecule has 0 saturated carbocycles. The lowest BCUT2D eigenvalue weighted by molar-refractivity contribution is -0.870. The summed E-state index contributed by atoms with van der Waals surface area (Å²) < 4.78 is 22.7. The second-order valence-electron chi connectivity index (χ2n) is 21.3. The van der Waals surface area contributed by atoms with E-state index in [0.717, 1.165) is 83.5 Å². The first kappa shape index (κ1) is 69.7. The molecule has 422 valence electrons. The Bertz CT molecular complexity index is 1420. The van der Waals surface area contributed by atoms with Crippen LogP contribution < -0.4 is 5.11 Å². The van der Waals surface area contributed by atoms with Crippen LogP contribution in [0.3, 0.4) is 0 Å². The summed E-state index contributed by atoms with van der Waals surface area (Å²) in [6.45, 7) is 4.62. The number of aliphatic carboxylic acids is 1. The summed E-state index contributed by atoms with van der Waals surface area (Å²) in [5.74, 6) is -2.29. The third kappa shape index (κ3) is 56.3. The summed E-state index contributed by atoms with van der Waals surface area (Å²) in [6, 6.07) is 0. The third-order valence-corrected chi connectivity index (χ3v) is 12.9. The van der Waals surface area contributed by atoms with Crippen molar-refractivity contribution in [1.29, 1.82) is 0 Å². The Morgan fingerprint density at radius 1 is 0.425 bits per heavy atom. The molecule has 0 radical (unpaired) electrons.